The van der Waals surface area contributed by atoms with Crippen molar-refractivity contribution in [2.24, 2.45) is 0 Å². The number of thiophene rings is 1. The Morgan fingerprint density at radius 1 is 1.32 bits per heavy atom. The molecule has 0 fully saturated rings. The molecule has 102 valence electrons. The average Bonchev–Trinajstić information content (AvgIpc) is 2.78. The minimum atomic E-state index is 0.171. The largest absolute Gasteiger partial charge is 0.306 e. The third-order valence-corrected chi connectivity index (χ3v) is 4.96. The van der Waals surface area contributed by atoms with Crippen molar-refractivity contribution in [3.05, 3.63) is 55.1 Å². The van der Waals surface area contributed by atoms with Crippen molar-refractivity contribution in [3.63, 3.8) is 0 Å². The van der Waals surface area contributed by atoms with Crippen molar-refractivity contribution >= 4 is 38.9 Å². The molecule has 0 bridgehead atoms. The Labute approximate surface area is 132 Å². The molecule has 19 heavy (non-hydrogen) atoms. The molecular formula is C15H17BrClNS. The van der Waals surface area contributed by atoms with Gasteiger partial charge in [-0.05, 0) is 65.1 Å². The van der Waals surface area contributed by atoms with Crippen molar-refractivity contribution in [1.82, 2.24) is 5.32 Å². The van der Waals surface area contributed by atoms with Crippen LogP contribution in [0, 0.1) is 6.92 Å². The normalized spacial score (nSPS) is 12.6. The molecule has 1 N–H and O–H groups in total. The maximum absolute atomic E-state index is 6.41. The van der Waals surface area contributed by atoms with Crippen molar-refractivity contribution < 1.29 is 0 Å². The van der Waals surface area contributed by atoms with Gasteiger partial charge in [0.25, 0.3) is 0 Å². The van der Waals surface area contributed by atoms with E-state index in [1.807, 2.05) is 6.07 Å². The predicted molar refractivity (Wildman–Crippen MR) is 88.3 cm³/mol. The van der Waals surface area contributed by atoms with Crippen LogP contribution in [-0.2, 0) is 0 Å². The number of rotatable bonds is 5. The maximum atomic E-state index is 6.41. The van der Waals surface area contributed by atoms with Crippen molar-refractivity contribution in [2.45, 2.75) is 26.3 Å². The second-order valence-electron chi connectivity index (χ2n) is 4.55. The predicted octanol–water partition coefficient (Wildman–Crippen LogP) is 5.56. The highest BCUT2D eigenvalue weighted by Gasteiger charge is 2.18. The molecule has 0 aliphatic rings. The number of hydrogen-bond acceptors (Lipinski definition) is 2. The quantitative estimate of drug-likeness (QED) is 0.737. The summed E-state index contributed by atoms with van der Waals surface area (Å²) in [7, 11) is 0. The Kier molecular flexibility index (Phi) is 5.46. The topological polar surface area (TPSA) is 12.0 Å². The first kappa shape index (κ1) is 15.0. The van der Waals surface area contributed by atoms with Crippen LogP contribution in [0.5, 0.6) is 0 Å². The van der Waals surface area contributed by atoms with E-state index in [0.29, 0.717) is 0 Å². The van der Waals surface area contributed by atoms with E-state index in [1.165, 1.54) is 10.4 Å². The third-order valence-electron chi connectivity index (χ3n) is 2.94. The number of hydrogen-bond donors (Lipinski definition) is 1. The summed E-state index contributed by atoms with van der Waals surface area (Å²) in [6.45, 7) is 5.21. The van der Waals surface area contributed by atoms with Crippen LogP contribution in [0.25, 0.3) is 0 Å². The lowest BCUT2D eigenvalue weighted by molar-refractivity contribution is 0.606. The van der Waals surface area contributed by atoms with Crippen LogP contribution >= 0.6 is 38.9 Å². The number of benzene rings is 1. The monoisotopic (exact) mass is 357 g/mol. The lowest BCUT2D eigenvalue weighted by Gasteiger charge is -2.19. The molecule has 0 saturated heterocycles. The fraction of sp³-hybridized carbons (Fsp3) is 0.333. The summed E-state index contributed by atoms with van der Waals surface area (Å²) in [6, 6.07) is 10.7. The molecule has 0 aliphatic heterocycles. The van der Waals surface area contributed by atoms with Crippen LogP contribution < -0.4 is 5.32 Å². The van der Waals surface area contributed by atoms with E-state index in [9.17, 15) is 0 Å². The van der Waals surface area contributed by atoms with Gasteiger partial charge < -0.3 is 5.32 Å². The fourth-order valence-electron chi connectivity index (χ4n) is 2.00. The van der Waals surface area contributed by atoms with E-state index in [1.54, 1.807) is 11.3 Å². The van der Waals surface area contributed by atoms with Crippen molar-refractivity contribution in [2.75, 3.05) is 6.54 Å². The Morgan fingerprint density at radius 3 is 2.68 bits per heavy atom. The molecule has 0 saturated carbocycles. The van der Waals surface area contributed by atoms with Crippen LogP contribution in [0.3, 0.4) is 0 Å². The van der Waals surface area contributed by atoms with Crippen LogP contribution in [0.1, 0.15) is 35.4 Å². The molecule has 0 amide bonds. The van der Waals surface area contributed by atoms with Crippen LogP contribution in [0.2, 0.25) is 5.02 Å². The summed E-state index contributed by atoms with van der Waals surface area (Å²) >= 11 is 11.7. The Hall–Kier alpha value is -0.350. The van der Waals surface area contributed by atoms with Crippen LogP contribution in [0.4, 0.5) is 0 Å². The molecule has 0 spiro atoms. The zero-order chi connectivity index (χ0) is 13.8. The molecule has 0 aliphatic carbocycles. The summed E-state index contributed by atoms with van der Waals surface area (Å²) in [5.41, 5.74) is 2.34. The van der Waals surface area contributed by atoms with E-state index in [4.69, 9.17) is 11.6 Å². The van der Waals surface area contributed by atoms with Gasteiger partial charge in [-0.25, -0.2) is 0 Å². The van der Waals surface area contributed by atoms with Crippen LogP contribution in [0.15, 0.2) is 34.1 Å². The minimum Gasteiger partial charge on any atom is -0.306 e. The first-order chi connectivity index (χ1) is 9.11. The fourth-order valence-corrected chi connectivity index (χ4v) is 3.86. The summed E-state index contributed by atoms with van der Waals surface area (Å²) in [4.78, 5) is 1.28. The van der Waals surface area contributed by atoms with Gasteiger partial charge in [0.2, 0.25) is 0 Å². The van der Waals surface area contributed by atoms with Gasteiger partial charge in [0.05, 0.1) is 9.83 Å². The summed E-state index contributed by atoms with van der Waals surface area (Å²) < 4.78 is 1.15. The zero-order valence-electron chi connectivity index (χ0n) is 11.0. The molecule has 1 unspecified atom stereocenters. The van der Waals surface area contributed by atoms with Gasteiger partial charge in [0, 0.05) is 9.90 Å². The summed E-state index contributed by atoms with van der Waals surface area (Å²) in [5, 5.41) is 4.41. The Morgan fingerprint density at radius 2 is 2.11 bits per heavy atom. The first-order valence-corrected chi connectivity index (χ1v) is 8.35. The number of halogens is 2. The lowest BCUT2D eigenvalue weighted by atomic mass is 10.0. The van der Waals surface area contributed by atoms with Crippen molar-refractivity contribution in [3.8, 4) is 0 Å². The van der Waals surface area contributed by atoms with E-state index < -0.39 is 0 Å². The second-order valence-corrected chi connectivity index (χ2v) is 7.46. The zero-order valence-corrected chi connectivity index (χ0v) is 14.2. The molecule has 1 heterocycles. The van der Waals surface area contributed by atoms with Crippen LogP contribution in [-0.4, -0.2) is 6.54 Å². The summed E-state index contributed by atoms with van der Waals surface area (Å²) in [6.07, 6.45) is 1.10. The van der Waals surface area contributed by atoms with E-state index in [-0.39, 0.29) is 6.04 Å². The standard InChI is InChI=1S/C15H17BrClNS/c1-3-8-18-15(13-6-7-14(16)19-13)11-5-4-10(2)9-12(11)17/h4-7,9,15,18H,3,8H2,1-2H3. The van der Waals surface area contributed by atoms with Gasteiger partial charge >= 0.3 is 0 Å². The number of nitrogens with one attached hydrogen (secondary N) is 1. The SMILES string of the molecule is CCCNC(c1ccc(Br)s1)c1ccc(C)cc1Cl. The van der Waals surface area contributed by atoms with E-state index >= 15 is 0 Å². The highest BCUT2D eigenvalue weighted by Crippen LogP contribution is 2.34. The average molecular weight is 359 g/mol. The molecule has 4 heteroatoms. The molecule has 1 aromatic carbocycles. The van der Waals surface area contributed by atoms with Gasteiger partial charge in [-0.3, -0.25) is 0 Å². The minimum absolute atomic E-state index is 0.171. The third kappa shape index (κ3) is 3.82. The molecule has 2 rings (SSSR count). The molecule has 0 radical (unpaired) electrons. The van der Waals surface area contributed by atoms with E-state index in [2.05, 4.69) is 59.4 Å². The van der Waals surface area contributed by atoms with Gasteiger partial charge in [-0.15, -0.1) is 11.3 Å². The van der Waals surface area contributed by atoms with E-state index in [0.717, 1.165) is 27.3 Å². The Balaban J connectivity index is 2.36. The molecule has 1 atom stereocenters. The maximum Gasteiger partial charge on any atom is 0.0702 e. The lowest BCUT2D eigenvalue weighted by Crippen LogP contribution is -2.22. The Bertz CT molecular complexity index is 553. The van der Waals surface area contributed by atoms with Gasteiger partial charge in [0.1, 0.15) is 0 Å². The molecule has 1 aromatic heterocycles. The smallest absolute Gasteiger partial charge is 0.0702 e. The second kappa shape index (κ2) is 6.89. The molecule has 1 nitrogen and oxygen atoms in total. The molecular weight excluding hydrogens is 342 g/mol. The van der Waals surface area contributed by atoms with Crippen molar-refractivity contribution in [1.29, 1.82) is 0 Å². The highest BCUT2D eigenvalue weighted by molar-refractivity contribution is 9.11. The van der Waals surface area contributed by atoms with Gasteiger partial charge in [-0.1, -0.05) is 30.7 Å². The number of aryl methyl sites for hydroxylation is 1. The molecule has 2 aromatic rings. The first-order valence-electron chi connectivity index (χ1n) is 6.36. The summed E-state index contributed by atoms with van der Waals surface area (Å²) in [5.74, 6) is 0. The van der Waals surface area contributed by atoms with Gasteiger partial charge in [-0.2, -0.15) is 0 Å². The van der Waals surface area contributed by atoms with Gasteiger partial charge in [0.15, 0.2) is 0 Å². The highest BCUT2D eigenvalue weighted by atomic mass is 79.9.